The van der Waals surface area contributed by atoms with Gasteiger partial charge in [0.05, 0.1) is 12.6 Å². The topological polar surface area (TPSA) is 60.4 Å². The Bertz CT molecular complexity index is 682. The van der Waals surface area contributed by atoms with Crippen LogP contribution in [0.25, 0.3) is 0 Å². The maximum Gasteiger partial charge on any atom is 0.203 e. The summed E-state index contributed by atoms with van der Waals surface area (Å²) in [5, 5.41) is 19.2. The SMILES string of the molecule is N#Cc1ccc(CN2CCC(C(O)c3ccc(F)cc3)CC2)o1. The predicted octanol–water partition coefficient (Wildman–Crippen LogP) is 3.24. The molecule has 1 atom stereocenters. The first-order valence-electron chi connectivity index (χ1n) is 7.80. The molecule has 0 aliphatic carbocycles. The fraction of sp³-hybridized carbons (Fsp3) is 0.389. The number of furan rings is 1. The number of piperidine rings is 1. The Hall–Kier alpha value is -2.16. The van der Waals surface area contributed by atoms with E-state index in [1.54, 1.807) is 18.2 Å². The highest BCUT2D eigenvalue weighted by Gasteiger charge is 2.26. The van der Waals surface area contributed by atoms with Crippen LogP contribution in [0.15, 0.2) is 40.8 Å². The normalized spacial score (nSPS) is 17.8. The first-order valence-corrected chi connectivity index (χ1v) is 7.80. The van der Waals surface area contributed by atoms with Crippen molar-refractivity contribution in [3.05, 3.63) is 59.3 Å². The highest BCUT2D eigenvalue weighted by Crippen LogP contribution is 2.31. The van der Waals surface area contributed by atoms with Gasteiger partial charge in [-0.15, -0.1) is 0 Å². The molecule has 3 rings (SSSR count). The second kappa shape index (κ2) is 6.95. The number of nitrogens with zero attached hydrogens (tertiary/aromatic N) is 2. The molecule has 1 aromatic heterocycles. The molecule has 1 fully saturated rings. The molecule has 0 spiro atoms. The van der Waals surface area contributed by atoms with Crippen molar-refractivity contribution >= 4 is 0 Å². The first kappa shape index (κ1) is 15.7. The molecule has 0 radical (unpaired) electrons. The van der Waals surface area contributed by atoms with E-state index in [1.807, 2.05) is 12.1 Å². The van der Waals surface area contributed by atoms with Crippen LogP contribution in [-0.2, 0) is 6.54 Å². The molecule has 5 heteroatoms. The summed E-state index contributed by atoms with van der Waals surface area (Å²) in [6.45, 7) is 2.41. The summed E-state index contributed by atoms with van der Waals surface area (Å²) in [4.78, 5) is 2.26. The smallest absolute Gasteiger partial charge is 0.203 e. The Balaban J connectivity index is 1.53. The van der Waals surface area contributed by atoms with Gasteiger partial charge < -0.3 is 9.52 Å². The molecular formula is C18H19FN2O2. The number of nitriles is 1. The lowest BCUT2D eigenvalue weighted by Gasteiger charge is -2.33. The van der Waals surface area contributed by atoms with E-state index in [-0.39, 0.29) is 11.7 Å². The molecule has 1 unspecified atom stereocenters. The average Bonchev–Trinajstić information content (AvgIpc) is 3.03. The minimum Gasteiger partial charge on any atom is -0.449 e. The Morgan fingerprint density at radius 2 is 1.91 bits per heavy atom. The Morgan fingerprint density at radius 1 is 1.22 bits per heavy atom. The number of likely N-dealkylation sites (tertiary alicyclic amines) is 1. The number of benzene rings is 1. The molecule has 1 aliphatic heterocycles. The first-order chi connectivity index (χ1) is 11.2. The van der Waals surface area contributed by atoms with Gasteiger partial charge in [-0.3, -0.25) is 4.90 Å². The molecule has 2 heterocycles. The molecule has 4 nitrogen and oxygen atoms in total. The van der Waals surface area contributed by atoms with Gasteiger partial charge in [-0.25, -0.2) is 4.39 Å². The van der Waals surface area contributed by atoms with Crippen LogP contribution in [0.4, 0.5) is 4.39 Å². The second-order valence-electron chi connectivity index (χ2n) is 5.99. The van der Waals surface area contributed by atoms with Crippen LogP contribution in [0.5, 0.6) is 0 Å². The number of rotatable bonds is 4. The van der Waals surface area contributed by atoms with Crippen LogP contribution in [0.3, 0.4) is 0 Å². The summed E-state index contributed by atoms with van der Waals surface area (Å²) >= 11 is 0. The van der Waals surface area contributed by atoms with E-state index in [1.165, 1.54) is 12.1 Å². The van der Waals surface area contributed by atoms with Crippen molar-refractivity contribution in [1.29, 1.82) is 5.26 Å². The van der Waals surface area contributed by atoms with E-state index in [2.05, 4.69) is 4.90 Å². The van der Waals surface area contributed by atoms with Crippen LogP contribution >= 0.6 is 0 Å². The van der Waals surface area contributed by atoms with Crippen LogP contribution < -0.4 is 0 Å². The number of halogens is 1. The van der Waals surface area contributed by atoms with Crippen molar-refractivity contribution in [1.82, 2.24) is 4.90 Å². The largest absolute Gasteiger partial charge is 0.449 e. The molecule has 120 valence electrons. The third-order valence-electron chi connectivity index (χ3n) is 4.44. The number of aliphatic hydroxyl groups excluding tert-OH is 1. The Labute approximate surface area is 134 Å². The molecule has 1 saturated heterocycles. The average molecular weight is 314 g/mol. The van der Waals surface area contributed by atoms with Crippen LogP contribution in [-0.4, -0.2) is 23.1 Å². The monoisotopic (exact) mass is 314 g/mol. The Kier molecular flexibility index (Phi) is 4.75. The van der Waals surface area contributed by atoms with Gasteiger partial charge in [-0.05, 0) is 61.7 Å². The molecular weight excluding hydrogens is 295 g/mol. The quantitative estimate of drug-likeness (QED) is 0.941. The van der Waals surface area contributed by atoms with E-state index in [0.29, 0.717) is 12.3 Å². The zero-order chi connectivity index (χ0) is 16.2. The summed E-state index contributed by atoms with van der Waals surface area (Å²) in [5.74, 6) is 1.02. The van der Waals surface area contributed by atoms with Gasteiger partial charge in [-0.1, -0.05) is 12.1 Å². The fourth-order valence-electron chi connectivity index (χ4n) is 3.10. The molecule has 1 N–H and O–H groups in total. The summed E-state index contributed by atoms with van der Waals surface area (Å²) < 4.78 is 18.4. The summed E-state index contributed by atoms with van der Waals surface area (Å²) in [5.41, 5.74) is 0.773. The van der Waals surface area contributed by atoms with E-state index >= 15 is 0 Å². The lowest BCUT2D eigenvalue weighted by Crippen LogP contribution is -2.35. The third kappa shape index (κ3) is 3.79. The zero-order valence-corrected chi connectivity index (χ0v) is 12.8. The van der Waals surface area contributed by atoms with Crippen LogP contribution in [0.1, 0.15) is 36.0 Å². The molecule has 1 aliphatic rings. The maximum absolute atomic E-state index is 13.0. The summed E-state index contributed by atoms with van der Waals surface area (Å²) in [6.07, 6.45) is 1.21. The number of hydrogen-bond acceptors (Lipinski definition) is 4. The van der Waals surface area contributed by atoms with Crippen molar-refractivity contribution in [2.75, 3.05) is 13.1 Å². The van der Waals surface area contributed by atoms with Gasteiger partial charge in [0.25, 0.3) is 0 Å². The summed E-state index contributed by atoms with van der Waals surface area (Å²) in [7, 11) is 0. The maximum atomic E-state index is 13.0. The van der Waals surface area contributed by atoms with E-state index in [0.717, 1.165) is 37.3 Å². The van der Waals surface area contributed by atoms with Gasteiger partial charge in [0.1, 0.15) is 17.6 Å². The molecule has 1 aromatic carbocycles. The zero-order valence-electron chi connectivity index (χ0n) is 12.8. The van der Waals surface area contributed by atoms with Crippen molar-refractivity contribution in [2.24, 2.45) is 5.92 Å². The van der Waals surface area contributed by atoms with Crippen molar-refractivity contribution in [2.45, 2.75) is 25.5 Å². The minimum absolute atomic E-state index is 0.183. The lowest BCUT2D eigenvalue weighted by molar-refractivity contribution is 0.0548. The molecule has 0 amide bonds. The lowest BCUT2D eigenvalue weighted by atomic mass is 9.87. The van der Waals surface area contributed by atoms with Crippen LogP contribution in [0.2, 0.25) is 0 Å². The van der Waals surface area contributed by atoms with E-state index in [4.69, 9.17) is 9.68 Å². The van der Waals surface area contributed by atoms with E-state index in [9.17, 15) is 9.50 Å². The van der Waals surface area contributed by atoms with Crippen LogP contribution in [0, 0.1) is 23.1 Å². The minimum atomic E-state index is -0.549. The number of hydrogen-bond donors (Lipinski definition) is 1. The highest BCUT2D eigenvalue weighted by molar-refractivity contribution is 5.20. The van der Waals surface area contributed by atoms with Gasteiger partial charge in [0, 0.05) is 0 Å². The van der Waals surface area contributed by atoms with Crippen molar-refractivity contribution in [3.8, 4) is 6.07 Å². The van der Waals surface area contributed by atoms with E-state index < -0.39 is 6.10 Å². The molecule has 0 bridgehead atoms. The fourth-order valence-corrected chi connectivity index (χ4v) is 3.10. The van der Waals surface area contributed by atoms with Gasteiger partial charge >= 0.3 is 0 Å². The Morgan fingerprint density at radius 3 is 2.52 bits per heavy atom. The molecule has 2 aromatic rings. The van der Waals surface area contributed by atoms with Gasteiger partial charge in [-0.2, -0.15) is 5.26 Å². The standard InChI is InChI=1S/C18H19FN2O2/c19-15-3-1-13(2-4-15)18(22)14-7-9-21(10-8-14)12-17-6-5-16(11-20)23-17/h1-6,14,18,22H,7-10,12H2. The second-order valence-corrected chi connectivity index (χ2v) is 5.99. The molecule has 0 saturated carbocycles. The van der Waals surface area contributed by atoms with Crippen molar-refractivity contribution < 1.29 is 13.9 Å². The highest BCUT2D eigenvalue weighted by atomic mass is 19.1. The number of aliphatic hydroxyl groups is 1. The predicted molar refractivity (Wildman–Crippen MR) is 82.8 cm³/mol. The van der Waals surface area contributed by atoms with Gasteiger partial charge in [0.2, 0.25) is 5.76 Å². The third-order valence-corrected chi connectivity index (χ3v) is 4.44. The molecule has 23 heavy (non-hydrogen) atoms. The summed E-state index contributed by atoms with van der Waals surface area (Å²) in [6, 6.07) is 11.6. The van der Waals surface area contributed by atoms with Crippen molar-refractivity contribution in [3.63, 3.8) is 0 Å². The van der Waals surface area contributed by atoms with Gasteiger partial charge in [0.15, 0.2) is 0 Å².